The Bertz CT molecular complexity index is 1030. The number of carbonyl (C=O) groups excluding carboxylic acids is 2. The van der Waals surface area contributed by atoms with Crippen molar-refractivity contribution < 1.29 is 9.59 Å². The van der Waals surface area contributed by atoms with Crippen molar-refractivity contribution in [2.75, 3.05) is 13.1 Å². The van der Waals surface area contributed by atoms with Crippen molar-refractivity contribution >= 4 is 23.4 Å². The quantitative estimate of drug-likeness (QED) is 0.659. The first-order valence-corrected chi connectivity index (χ1v) is 10.6. The molecule has 1 fully saturated rings. The van der Waals surface area contributed by atoms with Gasteiger partial charge in [0, 0.05) is 54.1 Å². The number of halogens is 1. The predicted molar refractivity (Wildman–Crippen MR) is 119 cm³/mol. The lowest BCUT2D eigenvalue weighted by molar-refractivity contribution is -0.126. The molecule has 2 aromatic carbocycles. The molecule has 2 heterocycles. The van der Waals surface area contributed by atoms with Crippen LogP contribution in [0.25, 0.3) is 11.1 Å². The largest absolute Gasteiger partial charge is 0.352 e. The molecule has 0 spiro atoms. The van der Waals surface area contributed by atoms with Crippen molar-refractivity contribution in [2.45, 2.75) is 19.4 Å². The molecule has 0 atom stereocenters. The van der Waals surface area contributed by atoms with E-state index < -0.39 is 0 Å². The van der Waals surface area contributed by atoms with Crippen LogP contribution in [0.3, 0.4) is 0 Å². The van der Waals surface area contributed by atoms with Gasteiger partial charge in [-0.15, -0.1) is 0 Å². The fourth-order valence-electron chi connectivity index (χ4n) is 3.72. The molecule has 0 aliphatic carbocycles. The van der Waals surface area contributed by atoms with Crippen LogP contribution in [0.5, 0.6) is 0 Å². The van der Waals surface area contributed by atoms with E-state index >= 15 is 0 Å². The SMILES string of the molecule is O=C(NCc1ccc(Cl)cc1)C1CCN(C(=O)c2ccc(-c3cncnc3)cc2)CC1. The molecule has 31 heavy (non-hydrogen) atoms. The van der Waals surface area contributed by atoms with Crippen LogP contribution in [0.15, 0.2) is 67.3 Å². The standard InChI is InChI=1S/C24H23ClN4O2/c25-22-7-1-17(2-8-22)13-28-23(30)19-9-11-29(12-10-19)24(31)20-5-3-18(4-6-20)21-14-26-16-27-15-21/h1-8,14-16,19H,9-13H2,(H,28,30). The summed E-state index contributed by atoms with van der Waals surface area (Å²) in [5.74, 6) is -0.0378. The molecule has 1 aliphatic heterocycles. The minimum absolute atomic E-state index is 0.00381. The zero-order chi connectivity index (χ0) is 21.6. The Morgan fingerprint density at radius 2 is 1.58 bits per heavy atom. The molecule has 4 rings (SSSR count). The first-order valence-electron chi connectivity index (χ1n) is 10.3. The summed E-state index contributed by atoms with van der Waals surface area (Å²) in [6, 6.07) is 14.9. The number of nitrogens with zero attached hydrogens (tertiary/aromatic N) is 3. The normalized spacial score (nSPS) is 14.3. The summed E-state index contributed by atoms with van der Waals surface area (Å²) in [5.41, 5.74) is 3.53. The Balaban J connectivity index is 1.28. The zero-order valence-corrected chi connectivity index (χ0v) is 17.8. The summed E-state index contributed by atoms with van der Waals surface area (Å²) in [6.07, 6.45) is 6.30. The van der Waals surface area contributed by atoms with Crippen LogP contribution in [-0.2, 0) is 11.3 Å². The Labute approximate surface area is 186 Å². The van der Waals surface area contributed by atoms with E-state index in [0.717, 1.165) is 16.7 Å². The van der Waals surface area contributed by atoms with Crippen LogP contribution in [0.1, 0.15) is 28.8 Å². The lowest BCUT2D eigenvalue weighted by Crippen LogP contribution is -2.42. The molecule has 1 N–H and O–H groups in total. The van der Waals surface area contributed by atoms with Crippen molar-refractivity contribution in [3.05, 3.63) is 83.4 Å². The average Bonchev–Trinajstić information content (AvgIpc) is 2.84. The van der Waals surface area contributed by atoms with E-state index in [1.54, 1.807) is 12.4 Å². The van der Waals surface area contributed by atoms with Crippen molar-refractivity contribution in [2.24, 2.45) is 5.92 Å². The highest BCUT2D eigenvalue weighted by Crippen LogP contribution is 2.22. The molecule has 0 unspecified atom stereocenters. The van der Waals surface area contributed by atoms with E-state index in [-0.39, 0.29) is 17.7 Å². The summed E-state index contributed by atoms with van der Waals surface area (Å²) in [5, 5.41) is 3.67. The van der Waals surface area contributed by atoms with E-state index in [0.29, 0.717) is 43.1 Å². The topological polar surface area (TPSA) is 75.2 Å². The molecule has 7 heteroatoms. The Hall–Kier alpha value is -3.25. The Morgan fingerprint density at radius 1 is 0.935 bits per heavy atom. The van der Waals surface area contributed by atoms with Crippen LogP contribution < -0.4 is 5.32 Å². The van der Waals surface area contributed by atoms with Gasteiger partial charge in [0.2, 0.25) is 5.91 Å². The minimum Gasteiger partial charge on any atom is -0.352 e. The molecule has 1 saturated heterocycles. The van der Waals surface area contributed by atoms with Crippen LogP contribution in [-0.4, -0.2) is 39.8 Å². The summed E-state index contributed by atoms with van der Waals surface area (Å²) in [7, 11) is 0. The molecular formula is C24H23ClN4O2. The Morgan fingerprint density at radius 3 is 2.23 bits per heavy atom. The van der Waals surface area contributed by atoms with Gasteiger partial charge in [0.25, 0.3) is 5.91 Å². The summed E-state index contributed by atoms with van der Waals surface area (Å²) < 4.78 is 0. The van der Waals surface area contributed by atoms with Gasteiger partial charge in [-0.1, -0.05) is 35.9 Å². The van der Waals surface area contributed by atoms with Gasteiger partial charge in [-0.05, 0) is 48.2 Å². The number of hydrogen-bond donors (Lipinski definition) is 1. The number of aromatic nitrogens is 2. The van der Waals surface area contributed by atoms with Gasteiger partial charge >= 0.3 is 0 Å². The molecule has 0 radical (unpaired) electrons. The molecule has 0 bridgehead atoms. The lowest BCUT2D eigenvalue weighted by Gasteiger charge is -2.31. The number of likely N-dealkylation sites (tertiary alicyclic amines) is 1. The van der Waals surface area contributed by atoms with Gasteiger partial charge in [-0.25, -0.2) is 9.97 Å². The first kappa shape index (κ1) is 21.0. The van der Waals surface area contributed by atoms with E-state index in [1.807, 2.05) is 53.4 Å². The van der Waals surface area contributed by atoms with E-state index in [1.165, 1.54) is 6.33 Å². The van der Waals surface area contributed by atoms with Gasteiger partial charge in [0.15, 0.2) is 0 Å². The number of benzene rings is 2. The van der Waals surface area contributed by atoms with E-state index in [9.17, 15) is 9.59 Å². The monoisotopic (exact) mass is 434 g/mol. The van der Waals surface area contributed by atoms with Crippen LogP contribution in [0, 0.1) is 5.92 Å². The van der Waals surface area contributed by atoms with Crippen molar-refractivity contribution in [1.29, 1.82) is 0 Å². The van der Waals surface area contributed by atoms with E-state index in [4.69, 9.17) is 11.6 Å². The summed E-state index contributed by atoms with van der Waals surface area (Å²) in [6.45, 7) is 1.63. The average molecular weight is 435 g/mol. The molecule has 6 nitrogen and oxygen atoms in total. The zero-order valence-electron chi connectivity index (χ0n) is 17.0. The number of rotatable bonds is 5. The van der Waals surface area contributed by atoms with Gasteiger partial charge in [-0.2, -0.15) is 0 Å². The van der Waals surface area contributed by atoms with E-state index in [2.05, 4.69) is 15.3 Å². The number of amides is 2. The number of hydrogen-bond acceptors (Lipinski definition) is 4. The van der Waals surface area contributed by atoms with Crippen LogP contribution in [0.4, 0.5) is 0 Å². The number of piperidine rings is 1. The smallest absolute Gasteiger partial charge is 0.253 e. The molecule has 0 saturated carbocycles. The molecule has 158 valence electrons. The summed E-state index contributed by atoms with van der Waals surface area (Å²) >= 11 is 5.89. The van der Waals surface area contributed by atoms with Crippen molar-refractivity contribution in [3.8, 4) is 11.1 Å². The third-order valence-corrected chi connectivity index (χ3v) is 5.81. The number of nitrogens with one attached hydrogen (secondary N) is 1. The molecule has 3 aromatic rings. The third-order valence-electron chi connectivity index (χ3n) is 5.56. The number of carbonyl (C=O) groups is 2. The maximum Gasteiger partial charge on any atom is 0.253 e. The highest BCUT2D eigenvalue weighted by molar-refractivity contribution is 6.30. The predicted octanol–water partition coefficient (Wildman–Crippen LogP) is 3.97. The van der Waals surface area contributed by atoms with Gasteiger partial charge in [0.1, 0.15) is 6.33 Å². The Kier molecular flexibility index (Phi) is 6.57. The molecular weight excluding hydrogens is 412 g/mol. The van der Waals surface area contributed by atoms with Crippen molar-refractivity contribution in [1.82, 2.24) is 20.2 Å². The second-order valence-corrected chi connectivity index (χ2v) is 8.05. The molecule has 2 amide bonds. The maximum atomic E-state index is 12.9. The second kappa shape index (κ2) is 9.71. The van der Waals surface area contributed by atoms with Crippen LogP contribution in [0.2, 0.25) is 5.02 Å². The highest BCUT2D eigenvalue weighted by atomic mass is 35.5. The highest BCUT2D eigenvalue weighted by Gasteiger charge is 2.27. The van der Waals surface area contributed by atoms with Gasteiger partial charge < -0.3 is 10.2 Å². The maximum absolute atomic E-state index is 12.9. The molecule has 1 aliphatic rings. The summed E-state index contributed by atoms with van der Waals surface area (Å²) in [4.78, 5) is 35.2. The van der Waals surface area contributed by atoms with Gasteiger partial charge in [0.05, 0.1) is 0 Å². The fourth-order valence-corrected chi connectivity index (χ4v) is 3.84. The molecule has 1 aromatic heterocycles. The third kappa shape index (κ3) is 5.27. The van der Waals surface area contributed by atoms with Crippen LogP contribution >= 0.6 is 11.6 Å². The lowest BCUT2D eigenvalue weighted by atomic mass is 9.95. The first-order chi connectivity index (χ1) is 15.1. The second-order valence-electron chi connectivity index (χ2n) is 7.62. The fraction of sp³-hybridized carbons (Fsp3) is 0.250. The minimum atomic E-state index is -0.0724. The van der Waals surface area contributed by atoms with Gasteiger partial charge in [-0.3, -0.25) is 9.59 Å². The van der Waals surface area contributed by atoms with Crippen molar-refractivity contribution in [3.63, 3.8) is 0 Å².